The Morgan fingerprint density at radius 1 is 1.04 bits per heavy atom. The van der Waals surface area contributed by atoms with E-state index in [0.717, 1.165) is 0 Å². The number of carbonyl (C=O) groups is 3. The number of carbonyl (C=O) groups excluding carboxylic acids is 3. The lowest BCUT2D eigenvalue weighted by atomic mass is 9.92. The number of hydrogen-bond acceptors (Lipinski definition) is 6. The molecule has 0 saturated carbocycles. The topological polar surface area (TPSA) is 94.2 Å². The third-order valence-corrected chi connectivity index (χ3v) is 3.56. The summed E-state index contributed by atoms with van der Waals surface area (Å²) in [5.41, 5.74) is -1.29. The van der Waals surface area contributed by atoms with E-state index in [4.69, 9.17) is 14.2 Å². The molecule has 26 heavy (non-hydrogen) atoms. The van der Waals surface area contributed by atoms with E-state index in [2.05, 4.69) is 5.32 Å². The third-order valence-electron chi connectivity index (χ3n) is 3.56. The lowest BCUT2D eigenvalue weighted by Gasteiger charge is -2.38. The van der Waals surface area contributed by atoms with Gasteiger partial charge in [-0.2, -0.15) is 0 Å². The summed E-state index contributed by atoms with van der Waals surface area (Å²) in [7, 11) is 0. The van der Waals surface area contributed by atoms with Gasteiger partial charge in [0.1, 0.15) is 11.2 Å². The van der Waals surface area contributed by atoms with Gasteiger partial charge in [0.25, 0.3) is 0 Å². The molecule has 0 spiro atoms. The molecule has 1 rings (SSSR count). The van der Waals surface area contributed by atoms with Gasteiger partial charge >= 0.3 is 18.2 Å². The summed E-state index contributed by atoms with van der Waals surface area (Å²) < 4.78 is 15.8. The molecular formula is C18H32N2O6. The first kappa shape index (κ1) is 22.1. The predicted molar refractivity (Wildman–Crippen MR) is 95.7 cm³/mol. The van der Waals surface area contributed by atoms with Crippen molar-refractivity contribution in [2.75, 3.05) is 19.7 Å². The summed E-state index contributed by atoms with van der Waals surface area (Å²) >= 11 is 0. The molecule has 0 unspecified atom stereocenters. The second-order valence-corrected chi connectivity index (χ2v) is 8.33. The Hall–Kier alpha value is -1.99. The molecule has 0 aromatic rings. The molecule has 1 aliphatic rings. The van der Waals surface area contributed by atoms with Crippen molar-refractivity contribution in [1.29, 1.82) is 0 Å². The van der Waals surface area contributed by atoms with Crippen LogP contribution in [0.4, 0.5) is 9.59 Å². The van der Waals surface area contributed by atoms with Crippen LogP contribution >= 0.6 is 0 Å². The molecule has 0 aromatic carbocycles. The van der Waals surface area contributed by atoms with E-state index in [0.29, 0.717) is 13.0 Å². The number of rotatable bonds is 3. The SMILES string of the molecule is CCOC(=O)[C@H]1CCN(C(=O)OC(C)(C)C)C[C@H]1NC(=O)OC(C)(C)C. The highest BCUT2D eigenvalue weighted by atomic mass is 16.6. The van der Waals surface area contributed by atoms with Gasteiger partial charge in [-0.05, 0) is 54.9 Å². The molecule has 0 bridgehead atoms. The van der Waals surface area contributed by atoms with Crippen molar-refractivity contribution in [3.05, 3.63) is 0 Å². The first-order valence-corrected chi connectivity index (χ1v) is 8.96. The van der Waals surface area contributed by atoms with Crippen molar-refractivity contribution in [2.45, 2.75) is 72.1 Å². The van der Waals surface area contributed by atoms with Gasteiger partial charge in [-0.1, -0.05) is 0 Å². The standard InChI is InChI=1S/C18H32N2O6/c1-8-24-14(21)12-9-10-20(16(23)26-18(5,6)7)11-13(12)19-15(22)25-17(2,3)4/h12-13H,8-11H2,1-7H3,(H,19,22)/t12-,13+/m0/s1. The zero-order valence-electron chi connectivity index (χ0n) is 16.9. The molecule has 1 fully saturated rings. The highest BCUT2D eigenvalue weighted by Crippen LogP contribution is 2.22. The summed E-state index contributed by atoms with van der Waals surface area (Å²) in [6.45, 7) is 13.1. The lowest BCUT2D eigenvalue weighted by Crippen LogP contribution is -2.57. The van der Waals surface area contributed by atoms with Crippen molar-refractivity contribution < 1.29 is 28.6 Å². The maximum absolute atomic E-state index is 12.3. The number of amides is 2. The fourth-order valence-electron chi connectivity index (χ4n) is 2.58. The Labute approximate surface area is 155 Å². The summed E-state index contributed by atoms with van der Waals surface area (Å²) in [5, 5.41) is 2.70. The van der Waals surface area contributed by atoms with E-state index >= 15 is 0 Å². The zero-order chi connectivity index (χ0) is 20.1. The second-order valence-electron chi connectivity index (χ2n) is 8.33. The van der Waals surface area contributed by atoms with Gasteiger partial charge in [0.15, 0.2) is 0 Å². The van der Waals surface area contributed by atoms with E-state index < -0.39 is 41.3 Å². The molecule has 8 heteroatoms. The molecule has 2 amide bonds. The summed E-state index contributed by atoms with van der Waals surface area (Å²) in [5.74, 6) is -0.932. The van der Waals surface area contributed by atoms with E-state index in [1.165, 1.54) is 4.90 Å². The largest absolute Gasteiger partial charge is 0.466 e. The number of ether oxygens (including phenoxy) is 3. The number of nitrogens with zero attached hydrogens (tertiary/aromatic N) is 1. The van der Waals surface area contributed by atoms with E-state index in [9.17, 15) is 14.4 Å². The maximum atomic E-state index is 12.3. The third kappa shape index (κ3) is 7.49. The molecular weight excluding hydrogens is 340 g/mol. The molecule has 8 nitrogen and oxygen atoms in total. The molecule has 150 valence electrons. The Kier molecular flexibility index (Phi) is 7.29. The second kappa shape index (κ2) is 8.60. The summed E-state index contributed by atoms with van der Waals surface area (Å²) in [4.78, 5) is 38.2. The Balaban J connectivity index is 2.85. The van der Waals surface area contributed by atoms with Crippen LogP contribution in [0.3, 0.4) is 0 Å². The summed E-state index contributed by atoms with van der Waals surface area (Å²) in [6, 6.07) is -0.606. The zero-order valence-corrected chi connectivity index (χ0v) is 16.9. The number of likely N-dealkylation sites (tertiary alicyclic amines) is 1. The summed E-state index contributed by atoms with van der Waals surface area (Å²) in [6.07, 6.45) is -0.739. The van der Waals surface area contributed by atoms with E-state index in [1.54, 1.807) is 48.5 Å². The molecule has 1 aliphatic heterocycles. The lowest BCUT2D eigenvalue weighted by molar-refractivity contribution is -0.150. The average Bonchev–Trinajstić information content (AvgIpc) is 2.43. The maximum Gasteiger partial charge on any atom is 0.410 e. The quantitative estimate of drug-likeness (QED) is 0.605. The van der Waals surface area contributed by atoms with Gasteiger partial charge in [0.2, 0.25) is 0 Å². The van der Waals surface area contributed by atoms with Crippen LogP contribution in [0.15, 0.2) is 0 Å². The minimum Gasteiger partial charge on any atom is -0.466 e. The Bertz CT molecular complexity index is 521. The normalized spacial score (nSPS) is 21.0. The highest BCUT2D eigenvalue weighted by Gasteiger charge is 2.39. The number of nitrogens with one attached hydrogen (secondary N) is 1. The van der Waals surface area contributed by atoms with Crippen LogP contribution in [-0.2, 0) is 19.0 Å². The number of hydrogen-bond donors (Lipinski definition) is 1. The molecule has 0 aliphatic carbocycles. The number of esters is 1. The van der Waals surface area contributed by atoms with Gasteiger partial charge in [-0.25, -0.2) is 9.59 Å². The Morgan fingerprint density at radius 2 is 1.62 bits per heavy atom. The minimum absolute atomic E-state index is 0.150. The molecule has 1 saturated heterocycles. The molecule has 1 N–H and O–H groups in total. The molecule has 0 aromatic heterocycles. The number of alkyl carbamates (subject to hydrolysis) is 1. The monoisotopic (exact) mass is 372 g/mol. The van der Waals surface area contributed by atoms with Crippen molar-refractivity contribution in [1.82, 2.24) is 10.2 Å². The predicted octanol–water partition coefficient (Wildman–Crippen LogP) is 2.70. The van der Waals surface area contributed by atoms with Crippen LogP contribution in [0.2, 0.25) is 0 Å². The highest BCUT2D eigenvalue weighted by molar-refractivity contribution is 5.76. The van der Waals surface area contributed by atoms with Crippen LogP contribution < -0.4 is 5.32 Å². The smallest absolute Gasteiger partial charge is 0.410 e. The van der Waals surface area contributed by atoms with Crippen LogP contribution in [0.25, 0.3) is 0 Å². The fraction of sp³-hybridized carbons (Fsp3) is 0.833. The van der Waals surface area contributed by atoms with Crippen molar-refractivity contribution in [2.24, 2.45) is 5.92 Å². The van der Waals surface area contributed by atoms with Gasteiger partial charge in [0.05, 0.1) is 18.6 Å². The van der Waals surface area contributed by atoms with E-state index in [1.807, 2.05) is 0 Å². The van der Waals surface area contributed by atoms with Crippen LogP contribution in [0, 0.1) is 5.92 Å². The minimum atomic E-state index is -0.664. The van der Waals surface area contributed by atoms with Crippen molar-refractivity contribution in [3.8, 4) is 0 Å². The number of piperidine rings is 1. The fourth-order valence-corrected chi connectivity index (χ4v) is 2.58. The average molecular weight is 372 g/mol. The first-order chi connectivity index (χ1) is 11.8. The van der Waals surface area contributed by atoms with E-state index in [-0.39, 0.29) is 13.2 Å². The van der Waals surface area contributed by atoms with Crippen molar-refractivity contribution >= 4 is 18.2 Å². The Morgan fingerprint density at radius 3 is 2.12 bits per heavy atom. The van der Waals surface area contributed by atoms with Gasteiger partial charge < -0.3 is 24.4 Å². The van der Waals surface area contributed by atoms with Gasteiger partial charge in [0, 0.05) is 13.1 Å². The van der Waals surface area contributed by atoms with Crippen LogP contribution in [0.1, 0.15) is 54.9 Å². The van der Waals surface area contributed by atoms with Gasteiger partial charge in [-0.3, -0.25) is 4.79 Å². The van der Waals surface area contributed by atoms with Crippen LogP contribution in [-0.4, -0.2) is 60.0 Å². The molecule has 0 radical (unpaired) electrons. The van der Waals surface area contributed by atoms with Crippen LogP contribution in [0.5, 0.6) is 0 Å². The van der Waals surface area contributed by atoms with Gasteiger partial charge in [-0.15, -0.1) is 0 Å². The van der Waals surface area contributed by atoms with Crippen molar-refractivity contribution in [3.63, 3.8) is 0 Å². The molecule has 1 heterocycles. The first-order valence-electron chi connectivity index (χ1n) is 8.96. The molecule has 2 atom stereocenters.